The number of carbonyl (C=O) groups is 3. The van der Waals surface area contributed by atoms with Gasteiger partial charge in [-0.25, -0.2) is 4.39 Å². The molecule has 0 aromatic heterocycles. The normalized spacial score (nSPS) is 18.9. The highest BCUT2D eigenvalue weighted by Gasteiger charge is 2.32. The molecule has 6 heteroatoms. The van der Waals surface area contributed by atoms with Crippen molar-refractivity contribution >= 4 is 17.7 Å². The molecule has 1 atom stereocenters. The first-order chi connectivity index (χ1) is 9.47. The molecule has 3 amide bonds. The molecular formula is C14H15FN2O3. The zero-order valence-electron chi connectivity index (χ0n) is 11.1. The zero-order valence-corrected chi connectivity index (χ0v) is 11.1. The van der Waals surface area contributed by atoms with E-state index >= 15 is 0 Å². The van der Waals surface area contributed by atoms with Crippen LogP contribution in [-0.4, -0.2) is 35.2 Å². The van der Waals surface area contributed by atoms with Crippen LogP contribution in [0.5, 0.6) is 0 Å². The highest BCUT2D eigenvalue weighted by molar-refractivity contribution is 6.04. The number of piperazine rings is 1. The number of amides is 3. The first-order valence-corrected chi connectivity index (χ1v) is 6.35. The number of rotatable bonds is 3. The Morgan fingerprint density at radius 3 is 2.65 bits per heavy atom. The van der Waals surface area contributed by atoms with Gasteiger partial charge < -0.3 is 4.90 Å². The Kier molecular flexibility index (Phi) is 4.12. The summed E-state index contributed by atoms with van der Waals surface area (Å²) >= 11 is 0. The quantitative estimate of drug-likeness (QED) is 0.825. The third kappa shape index (κ3) is 3.20. The van der Waals surface area contributed by atoms with Gasteiger partial charge in [0.2, 0.25) is 17.7 Å². The second kappa shape index (κ2) is 5.81. The molecule has 1 N–H and O–H groups in total. The molecule has 1 aromatic carbocycles. The van der Waals surface area contributed by atoms with Crippen molar-refractivity contribution in [1.29, 1.82) is 0 Å². The third-order valence-corrected chi connectivity index (χ3v) is 3.28. The summed E-state index contributed by atoms with van der Waals surface area (Å²) in [5.41, 5.74) is 0.834. The van der Waals surface area contributed by atoms with Crippen LogP contribution >= 0.6 is 0 Å². The van der Waals surface area contributed by atoms with Crippen molar-refractivity contribution in [2.24, 2.45) is 0 Å². The van der Waals surface area contributed by atoms with E-state index in [0.29, 0.717) is 6.42 Å². The number of imide groups is 1. The molecule has 1 aromatic rings. The van der Waals surface area contributed by atoms with Crippen LogP contribution in [0.2, 0.25) is 0 Å². The van der Waals surface area contributed by atoms with Crippen molar-refractivity contribution in [1.82, 2.24) is 10.2 Å². The smallest absolute Gasteiger partial charge is 0.249 e. The molecule has 1 aliphatic rings. The molecule has 0 saturated carbocycles. The Morgan fingerprint density at radius 1 is 1.35 bits per heavy atom. The van der Waals surface area contributed by atoms with Gasteiger partial charge in [0.25, 0.3) is 0 Å². The minimum Gasteiger partial charge on any atom is -0.322 e. The molecule has 0 bridgehead atoms. The minimum atomic E-state index is -0.645. The highest BCUT2D eigenvalue weighted by Crippen LogP contribution is 2.10. The average molecular weight is 278 g/mol. The summed E-state index contributed by atoms with van der Waals surface area (Å²) in [6.07, 6.45) is 0.620. The van der Waals surface area contributed by atoms with Crippen LogP contribution < -0.4 is 5.32 Å². The predicted molar refractivity (Wildman–Crippen MR) is 69.0 cm³/mol. The maximum atomic E-state index is 12.8. The lowest BCUT2D eigenvalue weighted by atomic mass is 10.1. The van der Waals surface area contributed by atoms with Crippen molar-refractivity contribution in [3.05, 3.63) is 35.6 Å². The monoisotopic (exact) mass is 278 g/mol. The van der Waals surface area contributed by atoms with E-state index < -0.39 is 17.9 Å². The second-order valence-electron chi connectivity index (χ2n) is 4.74. The summed E-state index contributed by atoms with van der Waals surface area (Å²) in [4.78, 5) is 36.1. The molecule has 1 aliphatic heterocycles. The molecule has 0 aliphatic carbocycles. The Balaban J connectivity index is 1.95. The SMILES string of the molecule is CC1C(=O)NC(=O)CN1C(=O)CCc1ccc(F)cc1. The van der Waals surface area contributed by atoms with Crippen molar-refractivity contribution in [3.8, 4) is 0 Å². The van der Waals surface area contributed by atoms with Crippen LogP contribution in [-0.2, 0) is 20.8 Å². The van der Waals surface area contributed by atoms with E-state index in [4.69, 9.17) is 0 Å². The van der Waals surface area contributed by atoms with Crippen molar-refractivity contribution in [2.75, 3.05) is 6.54 Å². The van der Waals surface area contributed by atoms with Crippen LogP contribution in [0.25, 0.3) is 0 Å². The lowest BCUT2D eigenvalue weighted by Crippen LogP contribution is -2.58. The van der Waals surface area contributed by atoms with Gasteiger partial charge in [-0.15, -0.1) is 0 Å². The lowest BCUT2D eigenvalue weighted by molar-refractivity contribution is -0.149. The van der Waals surface area contributed by atoms with Crippen LogP contribution in [0.4, 0.5) is 4.39 Å². The molecule has 0 radical (unpaired) electrons. The molecule has 106 valence electrons. The third-order valence-electron chi connectivity index (χ3n) is 3.28. The molecule has 1 fully saturated rings. The lowest BCUT2D eigenvalue weighted by Gasteiger charge is -2.31. The van der Waals surface area contributed by atoms with E-state index in [-0.39, 0.29) is 24.7 Å². The van der Waals surface area contributed by atoms with Gasteiger partial charge in [0, 0.05) is 6.42 Å². The van der Waals surface area contributed by atoms with Crippen molar-refractivity contribution < 1.29 is 18.8 Å². The molecule has 1 heterocycles. The summed E-state index contributed by atoms with van der Waals surface area (Å²) in [5, 5.41) is 2.18. The summed E-state index contributed by atoms with van der Waals surface area (Å²) in [5.74, 6) is -1.52. The molecular weight excluding hydrogens is 263 g/mol. The summed E-state index contributed by atoms with van der Waals surface area (Å²) in [6, 6.07) is 5.24. The first-order valence-electron chi connectivity index (χ1n) is 6.35. The van der Waals surface area contributed by atoms with Gasteiger partial charge in [-0.2, -0.15) is 0 Å². The molecule has 5 nitrogen and oxygen atoms in total. The molecule has 0 spiro atoms. The molecule has 2 rings (SSSR count). The Morgan fingerprint density at radius 2 is 2.00 bits per heavy atom. The largest absolute Gasteiger partial charge is 0.322 e. The Labute approximate surface area is 115 Å². The number of hydrogen-bond donors (Lipinski definition) is 1. The average Bonchev–Trinajstić information content (AvgIpc) is 2.42. The van der Waals surface area contributed by atoms with Crippen LogP contribution in [0, 0.1) is 5.82 Å². The van der Waals surface area contributed by atoms with Crippen LogP contribution in [0.1, 0.15) is 18.9 Å². The van der Waals surface area contributed by atoms with Gasteiger partial charge in [-0.1, -0.05) is 12.1 Å². The van der Waals surface area contributed by atoms with Gasteiger partial charge in [-0.3, -0.25) is 19.7 Å². The Hall–Kier alpha value is -2.24. The number of nitrogens with one attached hydrogen (secondary N) is 1. The number of hydrogen-bond acceptors (Lipinski definition) is 3. The van der Waals surface area contributed by atoms with Gasteiger partial charge >= 0.3 is 0 Å². The van der Waals surface area contributed by atoms with Gasteiger partial charge in [0.1, 0.15) is 18.4 Å². The summed E-state index contributed by atoms with van der Waals surface area (Å²) in [7, 11) is 0. The molecule has 1 saturated heterocycles. The first kappa shape index (κ1) is 14.2. The number of aryl methyl sites for hydroxylation is 1. The highest BCUT2D eigenvalue weighted by atomic mass is 19.1. The fourth-order valence-electron chi connectivity index (χ4n) is 2.06. The van der Waals surface area contributed by atoms with E-state index in [2.05, 4.69) is 5.32 Å². The van der Waals surface area contributed by atoms with E-state index in [1.165, 1.54) is 17.0 Å². The number of carbonyl (C=O) groups excluding carboxylic acids is 3. The summed E-state index contributed by atoms with van der Waals surface area (Å²) in [6.45, 7) is 1.48. The van der Waals surface area contributed by atoms with E-state index in [9.17, 15) is 18.8 Å². The Bertz CT molecular complexity index is 542. The topological polar surface area (TPSA) is 66.5 Å². The maximum absolute atomic E-state index is 12.8. The van der Waals surface area contributed by atoms with Crippen LogP contribution in [0.3, 0.4) is 0 Å². The molecule has 1 unspecified atom stereocenters. The maximum Gasteiger partial charge on any atom is 0.249 e. The standard InChI is InChI=1S/C14H15FN2O3/c1-9-14(20)16-12(18)8-17(9)13(19)7-4-10-2-5-11(15)6-3-10/h2-3,5-6,9H,4,7-8H2,1H3,(H,16,18,20). The summed E-state index contributed by atoms with van der Waals surface area (Å²) < 4.78 is 12.8. The van der Waals surface area contributed by atoms with Gasteiger partial charge in [0.05, 0.1) is 0 Å². The van der Waals surface area contributed by atoms with Crippen molar-refractivity contribution in [3.63, 3.8) is 0 Å². The van der Waals surface area contributed by atoms with E-state index in [1.54, 1.807) is 19.1 Å². The predicted octanol–water partition coefficient (Wildman–Crippen LogP) is 0.632. The molecule has 20 heavy (non-hydrogen) atoms. The number of benzene rings is 1. The second-order valence-corrected chi connectivity index (χ2v) is 4.74. The minimum absolute atomic E-state index is 0.102. The number of halogens is 1. The zero-order chi connectivity index (χ0) is 14.7. The fraction of sp³-hybridized carbons (Fsp3) is 0.357. The fourth-order valence-corrected chi connectivity index (χ4v) is 2.06. The van der Waals surface area contributed by atoms with Crippen LogP contribution in [0.15, 0.2) is 24.3 Å². The van der Waals surface area contributed by atoms with E-state index in [1.807, 2.05) is 0 Å². The van der Waals surface area contributed by atoms with E-state index in [0.717, 1.165) is 5.56 Å². The number of nitrogens with zero attached hydrogens (tertiary/aromatic N) is 1. The van der Waals surface area contributed by atoms with Crippen molar-refractivity contribution in [2.45, 2.75) is 25.8 Å². The van der Waals surface area contributed by atoms with Gasteiger partial charge in [-0.05, 0) is 31.0 Å². The van der Waals surface area contributed by atoms with Gasteiger partial charge in [0.15, 0.2) is 0 Å².